The summed E-state index contributed by atoms with van der Waals surface area (Å²) in [7, 11) is 0. The van der Waals surface area contributed by atoms with Crippen LogP contribution in [0.3, 0.4) is 0 Å². The van der Waals surface area contributed by atoms with Crippen molar-refractivity contribution in [1.82, 2.24) is 5.32 Å². The Labute approximate surface area is 130 Å². The number of hydrogen-bond acceptors (Lipinski definition) is 4. The maximum Gasteiger partial charge on any atom is 0.261 e. The fourth-order valence-electron chi connectivity index (χ4n) is 1.70. The molecule has 0 fully saturated rings. The van der Waals surface area contributed by atoms with Crippen molar-refractivity contribution in [3.8, 4) is 5.75 Å². The summed E-state index contributed by atoms with van der Waals surface area (Å²) in [6.07, 6.45) is -0.287. The molecule has 2 aromatic rings. The first-order valence-corrected chi connectivity index (χ1v) is 7.42. The first-order chi connectivity index (χ1) is 10.5. The Morgan fingerprint density at radius 2 is 2.05 bits per heavy atom. The van der Waals surface area contributed by atoms with Gasteiger partial charge in [-0.1, -0.05) is 0 Å². The minimum Gasteiger partial charge on any atom is -0.489 e. The molecule has 116 valence electrons. The van der Waals surface area contributed by atoms with Gasteiger partial charge in [0.2, 0.25) is 5.91 Å². The van der Waals surface area contributed by atoms with Gasteiger partial charge < -0.3 is 15.8 Å². The number of carbonyl (C=O) groups excluding carboxylic acids is 2. The predicted octanol–water partition coefficient (Wildman–Crippen LogP) is 2.18. The number of nitrogens with one attached hydrogen (secondary N) is 1. The first-order valence-electron chi connectivity index (χ1n) is 6.54. The van der Waals surface area contributed by atoms with Gasteiger partial charge in [0.05, 0.1) is 17.0 Å². The smallest absolute Gasteiger partial charge is 0.261 e. The number of amides is 2. The summed E-state index contributed by atoms with van der Waals surface area (Å²) >= 11 is 1.15. The highest BCUT2D eigenvalue weighted by atomic mass is 32.1. The number of thiophene rings is 1. The molecule has 1 aromatic carbocycles. The monoisotopic (exact) mass is 322 g/mol. The van der Waals surface area contributed by atoms with E-state index < -0.39 is 5.91 Å². The molecule has 0 bridgehead atoms. The van der Waals surface area contributed by atoms with Crippen molar-refractivity contribution < 1.29 is 18.7 Å². The van der Waals surface area contributed by atoms with Gasteiger partial charge in [-0.3, -0.25) is 9.59 Å². The average molecular weight is 322 g/mol. The SMILES string of the molecule is C[C@H](CNC(=O)c1cc(C(N)=O)cs1)Oc1ccc(F)cc1. The Morgan fingerprint density at radius 3 is 2.64 bits per heavy atom. The number of halogens is 1. The van der Waals surface area contributed by atoms with E-state index in [9.17, 15) is 14.0 Å². The lowest BCUT2D eigenvalue weighted by molar-refractivity contribution is 0.0936. The van der Waals surface area contributed by atoms with Gasteiger partial charge >= 0.3 is 0 Å². The van der Waals surface area contributed by atoms with Crippen LogP contribution in [-0.2, 0) is 0 Å². The van der Waals surface area contributed by atoms with E-state index in [1.54, 1.807) is 6.92 Å². The standard InChI is InChI=1S/C15H15FN2O3S/c1-9(21-12-4-2-11(16)3-5-12)7-18-15(20)13-6-10(8-22-13)14(17)19/h2-6,8-9H,7H2,1H3,(H2,17,19)(H,18,20)/t9-/m1/s1. The summed E-state index contributed by atoms with van der Waals surface area (Å²) in [6, 6.07) is 7.10. The Bertz CT molecular complexity index is 670. The highest BCUT2D eigenvalue weighted by Gasteiger charge is 2.13. The molecule has 0 aliphatic heterocycles. The maximum absolute atomic E-state index is 12.8. The quantitative estimate of drug-likeness (QED) is 0.855. The van der Waals surface area contributed by atoms with Gasteiger partial charge in [-0.15, -0.1) is 11.3 Å². The maximum atomic E-state index is 12.8. The molecule has 2 rings (SSSR count). The molecule has 0 aliphatic rings. The lowest BCUT2D eigenvalue weighted by atomic mass is 10.3. The van der Waals surface area contributed by atoms with Gasteiger partial charge in [-0.05, 0) is 37.3 Å². The number of rotatable bonds is 6. The highest BCUT2D eigenvalue weighted by Crippen LogP contribution is 2.15. The largest absolute Gasteiger partial charge is 0.489 e. The second-order valence-corrected chi connectivity index (χ2v) is 5.57. The third-order valence-corrected chi connectivity index (χ3v) is 3.74. The lowest BCUT2D eigenvalue weighted by Crippen LogP contribution is -2.33. The number of nitrogens with two attached hydrogens (primary N) is 1. The minimum atomic E-state index is -0.566. The molecule has 0 radical (unpaired) electrons. The van der Waals surface area contributed by atoms with E-state index >= 15 is 0 Å². The molecule has 0 saturated heterocycles. The summed E-state index contributed by atoms with van der Waals surface area (Å²) in [5.74, 6) is -0.679. The van der Waals surface area contributed by atoms with Gasteiger partial charge in [0.15, 0.2) is 0 Å². The fraction of sp³-hybridized carbons (Fsp3) is 0.200. The summed E-state index contributed by atoms with van der Waals surface area (Å²) in [5, 5.41) is 4.24. The number of primary amides is 1. The molecule has 22 heavy (non-hydrogen) atoms. The van der Waals surface area contributed by atoms with Gasteiger partial charge in [0.25, 0.3) is 5.91 Å². The van der Waals surface area contributed by atoms with Gasteiger partial charge in [0, 0.05) is 5.38 Å². The molecule has 0 saturated carbocycles. The third kappa shape index (κ3) is 4.29. The van der Waals surface area contributed by atoms with Crippen LogP contribution in [-0.4, -0.2) is 24.5 Å². The van der Waals surface area contributed by atoms with Crippen LogP contribution in [0.25, 0.3) is 0 Å². The second-order valence-electron chi connectivity index (χ2n) is 4.66. The Hall–Kier alpha value is -2.41. The van der Waals surface area contributed by atoms with Crippen molar-refractivity contribution >= 4 is 23.2 Å². The van der Waals surface area contributed by atoms with Crippen LogP contribution in [0.4, 0.5) is 4.39 Å². The van der Waals surface area contributed by atoms with E-state index in [2.05, 4.69) is 5.32 Å². The van der Waals surface area contributed by atoms with E-state index in [1.165, 1.54) is 35.7 Å². The van der Waals surface area contributed by atoms with Crippen molar-refractivity contribution in [2.45, 2.75) is 13.0 Å². The summed E-state index contributed by atoms with van der Waals surface area (Å²) in [5.41, 5.74) is 5.45. The molecule has 2 amide bonds. The molecule has 0 unspecified atom stereocenters. The Kier molecular flexibility index (Phi) is 5.11. The van der Waals surface area contributed by atoms with Gasteiger partial charge in [-0.25, -0.2) is 4.39 Å². The second kappa shape index (κ2) is 7.04. The molecular formula is C15H15FN2O3S. The highest BCUT2D eigenvalue weighted by molar-refractivity contribution is 7.12. The van der Waals surface area contributed by atoms with E-state index in [1.807, 2.05) is 0 Å². The molecule has 1 heterocycles. The predicted molar refractivity (Wildman–Crippen MR) is 81.7 cm³/mol. The zero-order valence-corrected chi connectivity index (χ0v) is 12.7. The lowest BCUT2D eigenvalue weighted by Gasteiger charge is -2.15. The summed E-state index contributed by atoms with van der Waals surface area (Å²) in [6.45, 7) is 2.06. The van der Waals surface area contributed by atoms with Crippen molar-refractivity contribution in [3.63, 3.8) is 0 Å². The topological polar surface area (TPSA) is 81.4 Å². The van der Waals surface area contributed by atoms with Crippen LogP contribution in [0.1, 0.15) is 27.0 Å². The van der Waals surface area contributed by atoms with Crippen LogP contribution in [0.5, 0.6) is 5.75 Å². The van der Waals surface area contributed by atoms with Crippen molar-refractivity contribution in [1.29, 1.82) is 0 Å². The van der Waals surface area contributed by atoms with E-state index in [0.29, 0.717) is 16.2 Å². The minimum absolute atomic E-state index is 0.278. The zero-order valence-electron chi connectivity index (χ0n) is 11.8. The van der Waals surface area contributed by atoms with E-state index in [0.717, 1.165) is 11.3 Å². The van der Waals surface area contributed by atoms with Crippen LogP contribution < -0.4 is 15.8 Å². The number of carbonyl (C=O) groups is 2. The molecule has 1 atom stereocenters. The number of ether oxygens (including phenoxy) is 1. The van der Waals surface area contributed by atoms with Gasteiger partial charge in [-0.2, -0.15) is 0 Å². The van der Waals surface area contributed by atoms with E-state index in [-0.39, 0.29) is 24.4 Å². The summed E-state index contributed by atoms with van der Waals surface area (Å²) < 4.78 is 18.3. The molecular weight excluding hydrogens is 307 g/mol. The van der Waals surface area contributed by atoms with E-state index in [4.69, 9.17) is 10.5 Å². The normalized spacial score (nSPS) is 11.7. The summed E-state index contributed by atoms with van der Waals surface area (Å²) in [4.78, 5) is 23.3. The van der Waals surface area contributed by atoms with Crippen LogP contribution >= 0.6 is 11.3 Å². The van der Waals surface area contributed by atoms with Crippen molar-refractivity contribution in [2.24, 2.45) is 5.73 Å². The Balaban J connectivity index is 1.84. The molecule has 0 aliphatic carbocycles. The molecule has 1 aromatic heterocycles. The molecule has 0 spiro atoms. The zero-order chi connectivity index (χ0) is 16.1. The number of benzene rings is 1. The Morgan fingerprint density at radius 1 is 1.36 bits per heavy atom. The first kappa shape index (κ1) is 16.0. The third-order valence-electron chi connectivity index (χ3n) is 2.81. The van der Waals surface area contributed by atoms with Crippen LogP contribution in [0, 0.1) is 5.82 Å². The van der Waals surface area contributed by atoms with Crippen molar-refractivity contribution in [3.05, 3.63) is 52.0 Å². The van der Waals surface area contributed by atoms with Crippen LogP contribution in [0.15, 0.2) is 35.7 Å². The van der Waals surface area contributed by atoms with Crippen molar-refractivity contribution in [2.75, 3.05) is 6.54 Å². The van der Waals surface area contributed by atoms with Gasteiger partial charge in [0.1, 0.15) is 17.7 Å². The molecule has 5 nitrogen and oxygen atoms in total. The average Bonchev–Trinajstić information content (AvgIpc) is 2.97. The van der Waals surface area contributed by atoms with Crippen LogP contribution in [0.2, 0.25) is 0 Å². The fourth-order valence-corrected chi connectivity index (χ4v) is 2.51. The number of hydrogen-bond donors (Lipinski definition) is 2. The molecule has 7 heteroatoms. The molecule has 3 N–H and O–H groups in total.